The van der Waals surface area contributed by atoms with Crippen LogP contribution in [0.2, 0.25) is 0 Å². The number of nitrogens with zero attached hydrogens (tertiary/aromatic N) is 3. The molecule has 0 atom stereocenters. The minimum atomic E-state index is -2.74. The van der Waals surface area contributed by atoms with Crippen molar-refractivity contribution in [3.63, 3.8) is 0 Å². The lowest BCUT2D eigenvalue weighted by molar-refractivity contribution is -0.170. The Labute approximate surface area is 233 Å². The second-order valence-corrected chi connectivity index (χ2v) is 9.91. The van der Waals surface area contributed by atoms with Crippen LogP contribution < -0.4 is 4.74 Å². The Morgan fingerprint density at radius 2 is 1.43 bits per heavy atom. The molecule has 0 bridgehead atoms. The number of morpholine rings is 1. The van der Waals surface area contributed by atoms with Crippen LogP contribution in [0.25, 0.3) is 0 Å². The van der Waals surface area contributed by atoms with Crippen molar-refractivity contribution in [2.75, 3.05) is 65.6 Å². The third-order valence-electron chi connectivity index (χ3n) is 6.30. The lowest BCUT2D eigenvalue weighted by Crippen LogP contribution is -2.46. The molecular weight excluding hydrogens is 526 g/mol. The number of aliphatic hydroxyl groups is 1. The Morgan fingerprint density at radius 3 is 1.90 bits per heavy atom. The Kier molecular flexibility index (Phi) is 13.0. The van der Waals surface area contributed by atoms with E-state index in [1.165, 1.54) is 11.1 Å². The molecule has 2 aliphatic rings. The van der Waals surface area contributed by atoms with Crippen LogP contribution in [0.4, 0.5) is 0 Å². The highest BCUT2D eigenvalue weighted by Gasteiger charge is 2.40. The third kappa shape index (κ3) is 11.7. The van der Waals surface area contributed by atoms with E-state index in [2.05, 4.69) is 35.4 Å². The van der Waals surface area contributed by atoms with Crippen molar-refractivity contribution in [2.45, 2.75) is 31.9 Å². The van der Waals surface area contributed by atoms with Gasteiger partial charge in [0.25, 0.3) is 5.91 Å². The number of amides is 1. The number of rotatable bonds is 12. The first-order chi connectivity index (χ1) is 18.9. The second kappa shape index (κ2) is 15.9. The van der Waals surface area contributed by atoms with Crippen LogP contribution in [0.15, 0.2) is 36.4 Å². The molecule has 13 nitrogen and oxygen atoms in total. The number of aliphatic carboxylic acids is 3. The van der Waals surface area contributed by atoms with Gasteiger partial charge in [0, 0.05) is 52.4 Å². The molecule has 0 spiro atoms. The van der Waals surface area contributed by atoms with E-state index in [1.54, 1.807) is 4.90 Å². The summed E-state index contributed by atoms with van der Waals surface area (Å²) in [6, 6.07) is 8.10. The molecule has 2 fully saturated rings. The molecule has 1 amide bonds. The van der Waals surface area contributed by atoms with Crippen molar-refractivity contribution in [2.24, 2.45) is 0 Å². The minimum absolute atomic E-state index is 0.0232. The molecule has 222 valence electrons. The SMILES string of the molecule is C=C(C)CN1CCN(Cc2ccc(OCC(=O)N3CCOCC3)cc2)CC1.O=C(O)CC(O)(CC(=O)O)C(=O)O. The highest BCUT2D eigenvalue weighted by atomic mass is 16.5. The van der Waals surface area contributed by atoms with Crippen LogP contribution in [0.1, 0.15) is 25.3 Å². The lowest BCUT2D eigenvalue weighted by atomic mass is 9.96. The number of hydrogen-bond donors (Lipinski definition) is 4. The molecule has 0 radical (unpaired) electrons. The van der Waals surface area contributed by atoms with Crippen molar-refractivity contribution in [1.29, 1.82) is 0 Å². The van der Waals surface area contributed by atoms with Gasteiger partial charge in [-0.25, -0.2) is 4.79 Å². The van der Waals surface area contributed by atoms with E-state index in [0.29, 0.717) is 26.3 Å². The van der Waals surface area contributed by atoms with Crippen LogP contribution in [0.5, 0.6) is 5.75 Å². The molecule has 0 aromatic heterocycles. The standard InChI is InChI=1S/C21H31N3O3.C6H8O7/c1-18(2)15-22-7-9-23(10-8-22)16-19-3-5-20(6-4-19)27-17-21(25)24-11-13-26-14-12-24;7-3(8)1-6(13,5(11)12)2-4(9)10/h3-6H,1,7-17H2,2H3;13H,1-2H2,(H,7,8)(H,9,10)(H,11,12). The monoisotopic (exact) mass is 565 g/mol. The summed E-state index contributed by atoms with van der Waals surface area (Å²) < 4.78 is 10.9. The molecule has 1 aromatic rings. The molecule has 3 rings (SSSR count). The molecular formula is C27H39N3O10. The lowest BCUT2D eigenvalue weighted by Gasteiger charge is -2.34. The maximum absolute atomic E-state index is 12.1. The molecule has 1 aromatic carbocycles. The first-order valence-corrected chi connectivity index (χ1v) is 12.9. The highest BCUT2D eigenvalue weighted by Crippen LogP contribution is 2.16. The average Bonchev–Trinajstić information content (AvgIpc) is 2.89. The van der Waals surface area contributed by atoms with Gasteiger partial charge in [0.1, 0.15) is 5.75 Å². The molecule has 0 saturated carbocycles. The Bertz CT molecular complexity index is 1000. The molecule has 13 heteroatoms. The number of carbonyl (C=O) groups is 4. The molecule has 2 aliphatic heterocycles. The van der Waals surface area contributed by atoms with Gasteiger partial charge in [0.05, 0.1) is 26.1 Å². The van der Waals surface area contributed by atoms with Gasteiger partial charge in [0.15, 0.2) is 12.2 Å². The summed E-state index contributed by atoms with van der Waals surface area (Å²) in [4.78, 5) is 49.3. The van der Waals surface area contributed by atoms with Crippen LogP contribution in [-0.2, 0) is 30.5 Å². The van der Waals surface area contributed by atoms with Crippen molar-refractivity contribution in [3.05, 3.63) is 42.0 Å². The predicted molar refractivity (Wildman–Crippen MR) is 143 cm³/mol. The van der Waals surface area contributed by atoms with E-state index in [1.807, 2.05) is 12.1 Å². The van der Waals surface area contributed by atoms with Gasteiger partial charge in [-0.15, -0.1) is 0 Å². The van der Waals surface area contributed by atoms with E-state index in [4.69, 9.17) is 29.9 Å². The second-order valence-electron chi connectivity index (χ2n) is 9.91. The van der Waals surface area contributed by atoms with Crippen LogP contribution in [0.3, 0.4) is 0 Å². The maximum atomic E-state index is 12.1. The van der Waals surface area contributed by atoms with Crippen molar-refractivity contribution in [1.82, 2.24) is 14.7 Å². The molecule has 2 heterocycles. The quantitative estimate of drug-likeness (QED) is 0.256. The molecule has 2 saturated heterocycles. The van der Waals surface area contributed by atoms with E-state index in [9.17, 15) is 19.2 Å². The number of benzene rings is 1. The fourth-order valence-electron chi connectivity index (χ4n) is 4.20. The summed E-state index contributed by atoms with van der Waals surface area (Å²) in [5, 5.41) is 33.8. The number of piperazine rings is 1. The van der Waals surface area contributed by atoms with Gasteiger partial charge >= 0.3 is 17.9 Å². The van der Waals surface area contributed by atoms with Crippen molar-refractivity contribution in [3.8, 4) is 5.75 Å². The summed E-state index contributed by atoms with van der Waals surface area (Å²) in [6.45, 7) is 15.0. The molecule has 40 heavy (non-hydrogen) atoms. The minimum Gasteiger partial charge on any atom is -0.484 e. The largest absolute Gasteiger partial charge is 0.484 e. The third-order valence-corrected chi connectivity index (χ3v) is 6.30. The van der Waals surface area contributed by atoms with Gasteiger partial charge in [-0.3, -0.25) is 24.2 Å². The number of ether oxygens (including phenoxy) is 2. The molecule has 4 N–H and O–H groups in total. The Hall–Kier alpha value is -3.52. The highest BCUT2D eigenvalue weighted by molar-refractivity contribution is 5.88. The van der Waals surface area contributed by atoms with Crippen LogP contribution in [-0.4, -0.2) is 130 Å². The zero-order chi connectivity index (χ0) is 29.7. The fraction of sp³-hybridized carbons (Fsp3) is 0.556. The van der Waals surface area contributed by atoms with Gasteiger partial charge in [-0.05, 0) is 24.6 Å². The average molecular weight is 566 g/mol. The Morgan fingerprint density at radius 1 is 0.900 bits per heavy atom. The van der Waals surface area contributed by atoms with Crippen molar-refractivity contribution >= 4 is 23.8 Å². The normalized spacial score (nSPS) is 16.4. The first-order valence-electron chi connectivity index (χ1n) is 12.9. The molecule has 0 aliphatic carbocycles. The van der Waals surface area contributed by atoms with E-state index in [-0.39, 0.29) is 12.5 Å². The summed E-state index contributed by atoms with van der Waals surface area (Å²) >= 11 is 0. The van der Waals surface area contributed by atoms with Crippen molar-refractivity contribution < 1.29 is 49.1 Å². The van der Waals surface area contributed by atoms with Gasteiger partial charge in [-0.1, -0.05) is 24.3 Å². The predicted octanol–water partition coefficient (Wildman–Crippen LogP) is 0.369. The maximum Gasteiger partial charge on any atom is 0.336 e. The number of carbonyl (C=O) groups excluding carboxylic acids is 1. The summed E-state index contributed by atoms with van der Waals surface area (Å²) in [6.07, 6.45) is -2.29. The number of carboxylic acids is 3. The van der Waals surface area contributed by atoms with E-state index < -0.39 is 36.4 Å². The number of hydrogen-bond acceptors (Lipinski definition) is 9. The zero-order valence-electron chi connectivity index (χ0n) is 22.8. The van der Waals surface area contributed by atoms with Gasteiger partial charge in [0.2, 0.25) is 0 Å². The summed E-state index contributed by atoms with van der Waals surface area (Å²) in [5.74, 6) is -4.25. The first kappa shape index (κ1) is 32.7. The van der Waals surface area contributed by atoms with Gasteiger partial charge in [-0.2, -0.15) is 0 Å². The van der Waals surface area contributed by atoms with E-state index in [0.717, 1.165) is 45.0 Å². The van der Waals surface area contributed by atoms with Crippen LogP contribution >= 0.6 is 0 Å². The number of carboxylic acid groups (broad SMARTS) is 3. The summed E-state index contributed by atoms with van der Waals surface area (Å²) in [7, 11) is 0. The van der Waals surface area contributed by atoms with E-state index >= 15 is 0 Å². The fourth-order valence-corrected chi connectivity index (χ4v) is 4.20. The Balaban J connectivity index is 0.000000366. The topological polar surface area (TPSA) is 177 Å². The van der Waals surface area contributed by atoms with Gasteiger partial charge < -0.3 is 34.8 Å². The van der Waals surface area contributed by atoms with Crippen LogP contribution in [0, 0.1) is 0 Å². The zero-order valence-corrected chi connectivity index (χ0v) is 22.8. The molecule has 0 unspecified atom stereocenters. The smallest absolute Gasteiger partial charge is 0.336 e. The summed E-state index contributed by atoms with van der Waals surface area (Å²) in [5.41, 5.74) is -0.237.